The highest BCUT2D eigenvalue weighted by Crippen LogP contribution is 2.64. The van der Waals surface area contributed by atoms with Gasteiger partial charge in [-0.1, -0.05) is 12.5 Å². The topological polar surface area (TPSA) is 210 Å². The number of rotatable bonds is 8. The number of nitrogens with zero attached hydrogens (tertiary/aromatic N) is 2. The van der Waals surface area contributed by atoms with Crippen molar-refractivity contribution in [1.29, 1.82) is 0 Å². The number of aromatic hydroxyl groups is 2. The van der Waals surface area contributed by atoms with Gasteiger partial charge in [0, 0.05) is 58.0 Å². The van der Waals surface area contributed by atoms with E-state index in [2.05, 4.69) is 20.9 Å². The number of urea groups is 1. The molecule has 3 aromatic rings. The van der Waals surface area contributed by atoms with Crippen LogP contribution in [0.25, 0.3) is 0 Å². The molecule has 9 heterocycles. The first-order chi connectivity index (χ1) is 31.8. The molecule has 3 aromatic carbocycles. The number of unbranched alkanes of at least 4 members (excludes halogenated alkanes) is 1. The van der Waals surface area contributed by atoms with Gasteiger partial charge in [0.05, 0.1) is 49.7 Å². The molecule has 4 bridgehead atoms. The molecule has 17 nitrogen and oxygen atoms in total. The average molecular weight is 946 g/mol. The van der Waals surface area contributed by atoms with Gasteiger partial charge in [-0.25, -0.2) is 9.59 Å². The van der Waals surface area contributed by atoms with Gasteiger partial charge >= 0.3 is 18.0 Å². The van der Waals surface area contributed by atoms with Gasteiger partial charge in [-0.3, -0.25) is 19.9 Å². The number of ether oxygens (including phenoxy) is 6. The number of aryl methyl sites for hydroxylation is 1. The highest BCUT2D eigenvalue weighted by molar-refractivity contribution is 8.00. The lowest BCUT2D eigenvalue weighted by atomic mass is 9.73. The van der Waals surface area contributed by atoms with Gasteiger partial charge in [-0.2, -0.15) is 11.8 Å². The van der Waals surface area contributed by atoms with E-state index in [-0.39, 0.29) is 66.2 Å². The summed E-state index contributed by atoms with van der Waals surface area (Å²) < 4.78 is 36.9. The molecule has 66 heavy (non-hydrogen) atoms. The summed E-state index contributed by atoms with van der Waals surface area (Å²) in [5.41, 5.74) is 4.26. The van der Waals surface area contributed by atoms with E-state index in [4.69, 9.17) is 28.4 Å². The summed E-state index contributed by atoms with van der Waals surface area (Å²) in [5.74, 6) is 1.83. The highest BCUT2D eigenvalue weighted by Gasteiger charge is 2.61. The Kier molecular flexibility index (Phi) is 10.9. The number of esters is 2. The molecular weight excluding hydrogens is 891 g/mol. The Morgan fingerprint density at radius 3 is 2.59 bits per heavy atom. The van der Waals surface area contributed by atoms with E-state index >= 15 is 0 Å². The van der Waals surface area contributed by atoms with Crippen molar-refractivity contribution in [3.63, 3.8) is 0 Å². The van der Waals surface area contributed by atoms with Crippen molar-refractivity contribution in [3.05, 3.63) is 62.7 Å². The van der Waals surface area contributed by atoms with Crippen LogP contribution in [0.15, 0.2) is 18.2 Å². The summed E-state index contributed by atoms with van der Waals surface area (Å²) in [7, 11) is 4.97. The third-order valence-corrected chi connectivity index (χ3v) is 18.3. The summed E-state index contributed by atoms with van der Waals surface area (Å²) in [5, 5.41) is 45.1. The van der Waals surface area contributed by atoms with Crippen LogP contribution in [0, 0.1) is 13.8 Å². The number of carbonyl (C=O) groups excluding carboxylic acids is 3. The molecule has 4 fully saturated rings. The zero-order valence-corrected chi connectivity index (χ0v) is 39.1. The minimum Gasteiger partial charge on any atom is -0.504 e. The lowest BCUT2D eigenvalue weighted by Crippen LogP contribution is -2.70. The number of piperazine rings is 1. The molecule has 12 rings (SSSR count). The number of nitrogens with one attached hydrogen (secondary N) is 3. The molecular formula is C47H55N5O12S2. The van der Waals surface area contributed by atoms with Crippen LogP contribution in [0.4, 0.5) is 4.79 Å². The third-order valence-electron chi connectivity index (χ3n) is 15.3. The number of phenolic OH excluding ortho intramolecular Hbond substituents is 2. The van der Waals surface area contributed by atoms with Crippen molar-refractivity contribution in [1.82, 2.24) is 25.8 Å². The monoisotopic (exact) mass is 945 g/mol. The van der Waals surface area contributed by atoms with Crippen molar-refractivity contribution in [2.45, 2.75) is 111 Å². The number of hydrogen-bond acceptors (Lipinski definition) is 17. The van der Waals surface area contributed by atoms with E-state index in [9.17, 15) is 29.7 Å². The molecule has 9 aliphatic rings. The van der Waals surface area contributed by atoms with Crippen LogP contribution in [0.3, 0.4) is 0 Å². The molecule has 10 atom stereocenters. The molecule has 19 heteroatoms. The Bertz CT molecular complexity index is 2550. The number of fused-ring (bicyclic) bond motifs is 10. The van der Waals surface area contributed by atoms with Crippen molar-refractivity contribution < 1.29 is 58.1 Å². The van der Waals surface area contributed by atoms with Crippen molar-refractivity contribution in [3.8, 4) is 40.2 Å². The van der Waals surface area contributed by atoms with Crippen LogP contribution in [-0.2, 0) is 32.7 Å². The van der Waals surface area contributed by atoms with Gasteiger partial charge in [-0.05, 0) is 81.0 Å². The lowest BCUT2D eigenvalue weighted by Gasteiger charge is -2.62. The quantitative estimate of drug-likeness (QED) is 0.0813. The predicted molar refractivity (Wildman–Crippen MR) is 243 cm³/mol. The summed E-state index contributed by atoms with van der Waals surface area (Å²) in [6, 6.07) is 3.08. The minimum absolute atomic E-state index is 0.0293. The second-order valence-corrected chi connectivity index (χ2v) is 21.1. The zero-order valence-electron chi connectivity index (χ0n) is 37.4. The van der Waals surface area contributed by atoms with Gasteiger partial charge in [0.25, 0.3) is 0 Å². The van der Waals surface area contributed by atoms with Gasteiger partial charge < -0.3 is 54.4 Å². The number of amides is 2. The van der Waals surface area contributed by atoms with Crippen LogP contribution in [0.5, 0.6) is 40.2 Å². The fraction of sp³-hybridized carbons (Fsp3) is 0.553. The SMILES string of the molecule is COc1cc2c(cc1O)CCN[C@]21CS[C@@H]2c3c(OC(=O)CCCCC4SCC5NC(=O)NC54)c(C)c4c(c3[C@H](COC1=O)N1C2[C@H]2c3c(cc(C)c(OC)c3O)C[C@@H]([C@@H]1O)N2C)OCO4. The van der Waals surface area contributed by atoms with Crippen LogP contribution in [-0.4, -0.2) is 131 Å². The van der Waals surface area contributed by atoms with Crippen LogP contribution in [0.1, 0.15) is 87.5 Å². The Hall–Kier alpha value is -4.79. The minimum atomic E-state index is -1.40. The number of phenols is 2. The first-order valence-corrected chi connectivity index (χ1v) is 24.8. The normalized spacial score (nSPS) is 31.5. The summed E-state index contributed by atoms with van der Waals surface area (Å²) in [6.45, 7) is 3.88. The summed E-state index contributed by atoms with van der Waals surface area (Å²) in [6.07, 6.45) is 2.25. The fourth-order valence-electron chi connectivity index (χ4n) is 12.3. The van der Waals surface area contributed by atoms with E-state index in [1.165, 1.54) is 26.0 Å². The first kappa shape index (κ1) is 43.8. The Balaban J connectivity index is 1.04. The maximum absolute atomic E-state index is 14.9. The molecule has 0 aromatic heterocycles. The number of methoxy groups -OCH3 is 2. The van der Waals surface area contributed by atoms with E-state index in [0.29, 0.717) is 76.6 Å². The van der Waals surface area contributed by atoms with Crippen molar-refractivity contribution in [2.75, 3.05) is 52.7 Å². The molecule has 0 radical (unpaired) electrons. The van der Waals surface area contributed by atoms with Crippen LogP contribution in [0.2, 0.25) is 0 Å². The molecule has 0 aliphatic carbocycles. The number of thioether (sulfide) groups is 2. The number of aliphatic hydroxyl groups excluding tert-OH is 1. The molecule has 2 amide bonds. The van der Waals surface area contributed by atoms with Gasteiger partial charge in [-0.15, -0.1) is 11.8 Å². The molecule has 1 spiro atoms. The molecule has 6 N–H and O–H groups in total. The van der Waals surface area contributed by atoms with Crippen molar-refractivity contribution in [2.24, 2.45) is 0 Å². The summed E-state index contributed by atoms with van der Waals surface area (Å²) >= 11 is 3.31. The number of likely N-dealkylation sites (N-methyl/N-ethyl adjacent to an activating group) is 1. The number of hydrogen-bond donors (Lipinski definition) is 6. The molecule has 4 unspecified atom stereocenters. The Morgan fingerprint density at radius 2 is 1.79 bits per heavy atom. The molecule has 352 valence electrons. The number of benzene rings is 3. The predicted octanol–water partition coefficient (Wildman–Crippen LogP) is 4.12. The van der Waals surface area contributed by atoms with Crippen LogP contribution < -0.4 is 39.6 Å². The lowest BCUT2D eigenvalue weighted by molar-refractivity contribution is -0.186. The maximum atomic E-state index is 14.9. The molecule has 4 saturated heterocycles. The number of aliphatic hydroxyl groups is 1. The maximum Gasteiger partial charge on any atom is 0.331 e. The summed E-state index contributed by atoms with van der Waals surface area (Å²) in [4.78, 5) is 45.3. The second-order valence-electron chi connectivity index (χ2n) is 18.7. The smallest absolute Gasteiger partial charge is 0.331 e. The van der Waals surface area contributed by atoms with Crippen LogP contribution >= 0.6 is 23.5 Å². The zero-order chi connectivity index (χ0) is 45.9. The third kappa shape index (κ3) is 6.54. The second kappa shape index (κ2) is 16.5. The Labute approximate surface area is 390 Å². The fourth-order valence-corrected chi connectivity index (χ4v) is 15.5. The van der Waals surface area contributed by atoms with E-state index in [0.717, 1.165) is 35.3 Å². The standard InChI is InChI=1S/C47H55N5O12S2/c1-20-12-23-13-26-44(56)52-27-16-61-45(57)47(24-15-29(59-4)28(53)14-22(24)10-11-48-47)18-66-43(37(52)36(51(26)3)32(23)38(55)39(20)60-5)34-33(27)42-41(62-19-63-42)21(2)40(34)64-31(54)9-7-6-8-30-35-25(17-65-30)49-46(58)50-35/h12,14-15,25-27,30,35-37,43-44,48,53,55-56H,6-11,13,16-19H2,1-5H3,(H2,49,50,58)/t25?,26-,27-,30?,35?,36+,37?,43+,44-,47+/m0/s1. The largest absolute Gasteiger partial charge is 0.504 e. The van der Waals surface area contributed by atoms with E-state index in [1.54, 1.807) is 12.1 Å². The van der Waals surface area contributed by atoms with Gasteiger partial charge in [0.2, 0.25) is 6.79 Å². The number of carbonyl (C=O) groups is 3. The van der Waals surface area contributed by atoms with Gasteiger partial charge in [0.15, 0.2) is 40.0 Å². The van der Waals surface area contributed by atoms with E-state index < -0.39 is 53.1 Å². The first-order valence-electron chi connectivity index (χ1n) is 22.7. The van der Waals surface area contributed by atoms with Gasteiger partial charge in [0.1, 0.15) is 18.6 Å². The van der Waals surface area contributed by atoms with Crippen molar-refractivity contribution >= 4 is 41.5 Å². The molecule has 9 aliphatic heterocycles. The molecule has 0 saturated carbocycles. The average Bonchev–Trinajstić information content (AvgIpc) is 4.03. The Morgan fingerprint density at radius 1 is 0.970 bits per heavy atom. The van der Waals surface area contributed by atoms with E-state index in [1.807, 2.05) is 43.6 Å². The highest BCUT2D eigenvalue weighted by atomic mass is 32.2.